The molecule has 0 aliphatic heterocycles. The van der Waals surface area contributed by atoms with Gasteiger partial charge in [0.1, 0.15) is 5.60 Å². The number of hydrogen-bond donors (Lipinski definition) is 3. The van der Waals surface area contributed by atoms with Crippen LogP contribution in [0.4, 0.5) is 4.79 Å². The van der Waals surface area contributed by atoms with Gasteiger partial charge in [0.15, 0.2) is 0 Å². The lowest BCUT2D eigenvalue weighted by Crippen LogP contribution is -2.37. The van der Waals surface area contributed by atoms with Gasteiger partial charge in [0, 0.05) is 24.0 Å². The first-order chi connectivity index (χ1) is 18.6. The molecule has 0 unspecified atom stereocenters. The summed E-state index contributed by atoms with van der Waals surface area (Å²) in [5.41, 5.74) is 2.83. The number of carboxylic acid groups (broad SMARTS) is 1. The van der Waals surface area contributed by atoms with Crippen molar-refractivity contribution >= 4 is 28.9 Å². The van der Waals surface area contributed by atoms with Gasteiger partial charge in [0.25, 0.3) is 5.91 Å². The van der Waals surface area contributed by atoms with Crippen LogP contribution in [0.1, 0.15) is 62.4 Å². The first kappa shape index (κ1) is 28.1. The van der Waals surface area contributed by atoms with Gasteiger partial charge in [0.05, 0.1) is 23.2 Å². The number of para-hydroxylation sites is 1. The number of carbonyl (C=O) groups excluding carboxylic acids is 2. The van der Waals surface area contributed by atoms with Gasteiger partial charge in [-0.15, -0.1) is 0 Å². The number of alkyl carbamates (subject to hydrolysis) is 1. The third-order valence-electron chi connectivity index (χ3n) is 6.99. The average molecular weight is 532 g/mol. The standard InChI is InChI=1S/C31H37N3O5/c1-31(2,3)39-30(38)33-19-21-13-11-20(12-14-21)18-32-29(37)25-17-27(34-26-10-5-4-9-24(25)26)23-8-6-7-22(15-23)16-28(35)36/h4-10,15,17,20-21H,11-14,16,18-19H2,1-3H3,(H,32,37)(H,33,38)(H,35,36). The topological polar surface area (TPSA) is 118 Å². The number of carbonyl (C=O) groups is 3. The molecule has 8 heteroatoms. The summed E-state index contributed by atoms with van der Waals surface area (Å²) in [6.07, 6.45) is 3.50. The maximum absolute atomic E-state index is 13.4. The van der Waals surface area contributed by atoms with Gasteiger partial charge in [-0.3, -0.25) is 9.59 Å². The van der Waals surface area contributed by atoms with Crippen LogP contribution in [-0.4, -0.2) is 46.8 Å². The summed E-state index contributed by atoms with van der Waals surface area (Å²) in [7, 11) is 0. The number of fused-ring (bicyclic) bond motifs is 1. The number of aromatic nitrogens is 1. The molecule has 39 heavy (non-hydrogen) atoms. The van der Waals surface area contributed by atoms with Crippen LogP contribution in [0.2, 0.25) is 0 Å². The molecule has 1 aliphatic carbocycles. The third-order valence-corrected chi connectivity index (χ3v) is 6.99. The predicted octanol–water partition coefficient (Wildman–Crippen LogP) is 5.59. The Morgan fingerprint density at radius 3 is 2.26 bits per heavy atom. The molecule has 206 valence electrons. The quantitative estimate of drug-likeness (QED) is 0.349. The van der Waals surface area contributed by atoms with E-state index >= 15 is 0 Å². The van der Waals surface area contributed by atoms with E-state index < -0.39 is 11.6 Å². The lowest BCUT2D eigenvalue weighted by molar-refractivity contribution is -0.136. The SMILES string of the molecule is CC(C)(C)OC(=O)NCC1CCC(CNC(=O)c2cc(-c3cccc(CC(=O)O)c3)nc3ccccc23)CC1. The Bertz CT molecular complexity index is 1340. The number of ether oxygens (including phenoxy) is 1. The maximum Gasteiger partial charge on any atom is 0.407 e. The van der Waals surface area contributed by atoms with Crippen molar-refractivity contribution in [1.82, 2.24) is 15.6 Å². The summed E-state index contributed by atoms with van der Waals surface area (Å²) < 4.78 is 5.32. The van der Waals surface area contributed by atoms with E-state index in [2.05, 4.69) is 10.6 Å². The summed E-state index contributed by atoms with van der Waals surface area (Å²) in [5.74, 6) is -0.252. The summed E-state index contributed by atoms with van der Waals surface area (Å²) >= 11 is 0. The minimum atomic E-state index is -0.896. The summed E-state index contributed by atoms with van der Waals surface area (Å²) in [6, 6.07) is 16.6. The smallest absolute Gasteiger partial charge is 0.407 e. The number of aliphatic carboxylic acids is 1. The van der Waals surface area contributed by atoms with Gasteiger partial charge in [-0.25, -0.2) is 9.78 Å². The molecule has 1 fully saturated rings. The molecule has 2 aromatic carbocycles. The Morgan fingerprint density at radius 1 is 0.923 bits per heavy atom. The fraction of sp³-hybridized carbons (Fsp3) is 0.419. The van der Waals surface area contributed by atoms with Crippen LogP contribution in [0.15, 0.2) is 54.6 Å². The van der Waals surface area contributed by atoms with Gasteiger partial charge in [-0.1, -0.05) is 36.4 Å². The van der Waals surface area contributed by atoms with Gasteiger partial charge in [0.2, 0.25) is 0 Å². The Labute approximate surface area is 229 Å². The summed E-state index contributed by atoms with van der Waals surface area (Å²) in [4.78, 5) is 41.2. The van der Waals surface area contributed by atoms with E-state index in [4.69, 9.17) is 14.8 Å². The number of nitrogens with one attached hydrogen (secondary N) is 2. The fourth-order valence-corrected chi connectivity index (χ4v) is 5.04. The molecule has 0 radical (unpaired) electrons. The molecule has 1 aromatic heterocycles. The minimum Gasteiger partial charge on any atom is -0.481 e. The van der Waals surface area contributed by atoms with Gasteiger partial charge < -0.3 is 20.5 Å². The van der Waals surface area contributed by atoms with Crippen LogP contribution in [-0.2, 0) is 16.0 Å². The first-order valence-corrected chi connectivity index (χ1v) is 13.5. The van der Waals surface area contributed by atoms with Crippen molar-refractivity contribution in [1.29, 1.82) is 0 Å². The molecule has 0 spiro atoms. The number of rotatable bonds is 8. The molecule has 0 saturated heterocycles. The first-order valence-electron chi connectivity index (χ1n) is 13.5. The monoisotopic (exact) mass is 531 g/mol. The van der Waals surface area contributed by atoms with Crippen LogP contribution >= 0.6 is 0 Å². The molecule has 3 N–H and O–H groups in total. The summed E-state index contributed by atoms with van der Waals surface area (Å²) in [5, 5.41) is 15.9. The Morgan fingerprint density at radius 2 is 1.59 bits per heavy atom. The molecule has 4 rings (SSSR count). The number of hydrogen-bond acceptors (Lipinski definition) is 5. The Kier molecular flexibility index (Phi) is 8.84. The molecule has 1 saturated carbocycles. The second-order valence-corrected chi connectivity index (χ2v) is 11.3. The largest absolute Gasteiger partial charge is 0.481 e. The van der Waals surface area contributed by atoms with Gasteiger partial charge in [-0.2, -0.15) is 0 Å². The zero-order chi connectivity index (χ0) is 28.0. The van der Waals surface area contributed by atoms with Crippen molar-refractivity contribution in [3.8, 4) is 11.3 Å². The highest BCUT2D eigenvalue weighted by Crippen LogP contribution is 2.29. The zero-order valence-corrected chi connectivity index (χ0v) is 22.8. The summed E-state index contributed by atoms with van der Waals surface area (Å²) in [6.45, 7) is 6.74. The van der Waals surface area contributed by atoms with Crippen molar-refractivity contribution < 1.29 is 24.2 Å². The van der Waals surface area contributed by atoms with Crippen LogP contribution in [0.5, 0.6) is 0 Å². The van der Waals surface area contributed by atoms with Crippen molar-refractivity contribution in [2.45, 2.75) is 58.5 Å². The highest BCUT2D eigenvalue weighted by Gasteiger charge is 2.24. The average Bonchev–Trinajstić information content (AvgIpc) is 2.89. The predicted molar refractivity (Wildman–Crippen MR) is 151 cm³/mol. The van der Waals surface area contributed by atoms with E-state index in [9.17, 15) is 14.4 Å². The van der Waals surface area contributed by atoms with Crippen molar-refractivity contribution in [3.63, 3.8) is 0 Å². The maximum atomic E-state index is 13.4. The zero-order valence-electron chi connectivity index (χ0n) is 22.8. The van der Waals surface area contributed by atoms with Crippen molar-refractivity contribution in [3.05, 3.63) is 65.7 Å². The molecule has 1 aliphatic rings. The van der Waals surface area contributed by atoms with E-state index in [1.165, 1.54) is 0 Å². The normalized spacial score (nSPS) is 17.4. The van der Waals surface area contributed by atoms with E-state index in [0.717, 1.165) is 36.6 Å². The van der Waals surface area contributed by atoms with Crippen LogP contribution in [0.3, 0.4) is 0 Å². The van der Waals surface area contributed by atoms with Crippen LogP contribution in [0.25, 0.3) is 22.2 Å². The van der Waals surface area contributed by atoms with E-state index in [0.29, 0.717) is 47.3 Å². The number of benzene rings is 2. The second kappa shape index (κ2) is 12.3. The highest BCUT2D eigenvalue weighted by molar-refractivity contribution is 6.07. The van der Waals surface area contributed by atoms with Crippen molar-refractivity contribution in [2.24, 2.45) is 11.8 Å². The lowest BCUT2D eigenvalue weighted by Gasteiger charge is -2.29. The highest BCUT2D eigenvalue weighted by atomic mass is 16.6. The lowest BCUT2D eigenvalue weighted by atomic mass is 9.82. The van der Waals surface area contributed by atoms with Crippen LogP contribution < -0.4 is 10.6 Å². The van der Waals surface area contributed by atoms with E-state index in [1.54, 1.807) is 12.1 Å². The van der Waals surface area contributed by atoms with Gasteiger partial charge in [-0.05, 0) is 82.1 Å². The molecule has 3 aromatic rings. The number of nitrogens with zero attached hydrogens (tertiary/aromatic N) is 1. The Balaban J connectivity index is 1.38. The van der Waals surface area contributed by atoms with Crippen molar-refractivity contribution in [2.75, 3.05) is 13.1 Å². The van der Waals surface area contributed by atoms with E-state index in [-0.39, 0.29) is 18.4 Å². The second-order valence-electron chi connectivity index (χ2n) is 11.3. The van der Waals surface area contributed by atoms with Crippen LogP contribution in [0, 0.1) is 11.8 Å². The fourth-order valence-electron chi connectivity index (χ4n) is 5.04. The molecule has 0 atom stereocenters. The molecule has 2 amide bonds. The number of amides is 2. The molecular weight excluding hydrogens is 494 g/mol. The molecule has 8 nitrogen and oxygen atoms in total. The number of pyridine rings is 1. The number of carboxylic acids is 1. The minimum absolute atomic E-state index is 0.0753. The molecule has 0 bridgehead atoms. The van der Waals surface area contributed by atoms with Gasteiger partial charge >= 0.3 is 12.1 Å². The Hall–Kier alpha value is -3.94. The molecule has 1 heterocycles. The molecular formula is C31H37N3O5. The van der Waals surface area contributed by atoms with E-state index in [1.807, 2.05) is 63.2 Å². The third kappa shape index (κ3) is 8.02.